The summed E-state index contributed by atoms with van der Waals surface area (Å²) in [6, 6.07) is 5.86. The van der Waals surface area contributed by atoms with Crippen molar-refractivity contribution in [1.29, 1.82) is 0 Å². The number of piperidine rings is 1. The molecule has 0 saturated carbocycles. The van der Waals surface area contributed by atoms with Gasteiger partial charge < -0.3 is 10.2 Å². The Hall–Kier alpha value is -2.72. The van der Waals surface area contributed by atoms with Crippen LogP contribution in [0.25, 0.3) is 21.5 Å². The molecule has 1 aliphatic heterocycles. The van der Waals surface area contributed by atoms with E-state index in [1.807, 2.05) is 25.1 Å². The van der Waals surface area contributed by atoms with Crippen LogP contribution in [0.5, 0.6) is 0 Å². The number of anilines is 1. The van der Waals surface area contributed by atoms with Gasteiger partial charge in [0.25, 0.3) is 0 Å². The van der Waals surface area contributed by atoms with E-state index in [1.54, 1.807) is 11.1 Å². The highest BCUT2D eigenvalue weighted by Crippen LogP contribution is 2.26. The third kappa shape index (κ3) is 4.65. The molecule has 2 aromatic heterocycles. The first-order valence-corrected chi connectivity index (χ1v) is 10.4. The Kier molecular flexibility index (Phi) is 5.91. The van der Waals surface area contributed by atoms with Gasteiger partial charge in [0.05, 0.1) is 5.52 Å². The monoisotopic (exact) mass is 415 g/mol. The van der Waals surface area contributed by atoms with Crippen molar-refractivity contribution in [2.75, 3.05) is 31.6 Å². The van der Waals surface area contributed by atoms with E-state index < -0.39 is 0 Å². The van der Waals surface area contributed by atoms with Crippen LogP contribution in [0.3, 0.4) is 0 Å². The van der Waals surface area contributed by atoms with E-state index in [0.717, 1.165) is 39.3 Å². The number of urea groups is 1. The number of amides is 2. The van der Waals surface area contributed by atoms with Gasteiger partial charge in [-0.25, -0.2) is 19.2 Å². The van der Waals surface area contributed by atoms with E-state index in [9.17, 15) is 9.18 Å². The Bertz CT molecular complexity index is 1000. The van der Waals surface area contributed by atoms with Crippen LogP contribution in [-0.2, 0) is 0 Å². The number of aryl methyl sites for hydroxylation is 1. The average Bonchev–Trinajstić information content (AvgIpc) is 3.18. The van der Waals surface area contributed by atoms with Crippen LogP contribution in [0.15, 0.2) is 24.4 Å². The molecule has 0 atom stereocenters. The summed E-state index contributed by atoms with van der Waals surface area (Å²) >= 11 is 1.52. The van der Waals surface area contributed by atoms with Crippen LogP contribution in [0.2, 0.25) is 0 Å². The Morgan fingerprint density at radius 3 is 2.86 bits per heavy atom. The number of carbonyl (C=O) groups excluding carboxylic acids is 1. The number of fused-ring (bicyclic) bond motifs is 1. The van der Waals surface area contributed by atoms with Gasteiger partial charge in [0.15, 0.2) is 0 Å². The predicted octanol–water partition coefficient (Wildman–Crippen LogP) is 3.01. The van der Waals surface area contributed by atoms with Gasteiger partial charge in [-0.05, 0) is 25.8 Å². The van der Waals surface area contributed by atoms with Crippen LogP contribution >= 0.6 is 11.3 Å². The van der Waals surface area contributed by atoms with Crippen LogP contribution in [-0.4, -0.2) is 63.4 Å². The molecule has 0 radical (unpaired) electrons. The molecule has 0 spiro atoms. The second kappa shape index (κ2) is 8.75. The van der Waals surface area contributed by atoms with Crippen molar-refractivity contribution in [1.82, 2.24) is 30.4 Å². The van der Waals surface area contributed by atoms with Crippen molar-refractivity contribution in [3.05, 3.63) is 29.4 Å². The highest BCUT2D eigenvalue weighted by atomic mass is 32.1. The fourth-order valence-electron chi connectivity index (χ4n) is 3.35. The maximum absolute atomic E-state index is 12.6. The summed E-state index contributed by atoms with van der Waals surface area (Å²) < 4.78 is 12.3. The quantitative estimate of drug-likeness (QED) is 0.665. The lowest BCUT2D eigenvalue weighted by Gasteiger charge is -2.32. The molecule has 1 fully saturated rings. The second-order valence-electron chi connectivity index (χ2n) is 6.93. The molecule has 29 heavy (non-hydrogen) atoms. The summed E-state index contributed by atoms with van der Waals surface area (Å²) in [5, 5.41) is 16.8. The molecule has 1 aromatic carbocycles. The topological polar surface area (TPSA) is 95.9 Å². The van der Waals surface area contributed by atoms with Crippen molar-refractivity contribution >= 4 is 34.2 Å². The van der Waals surface area contributed by atoms with Crippen LogP contribution in [0.4, 0.5) is 15.1 Å². The van der Waals surface area contributed by atoms with Gasteiger partial charge in [0.1, 0.15) is 16.7 Å². The summed E-state index contributed by atoms with van der Waals surface area (Å²) in [4.78, 5) is 23.0. The first-order chi connectivity index (χ1) is 14.1. The highest BCUT2D eigenvalue weighted by molar-refractivity contribution is 7.14. The third-order valence-electron chi connectivity index (χ3n) is 4.88. The molecule has 10 heteroatoms. The Morgan fingerprint density at radius 1 is 1.31 bits per heavy atom. The third-order valence-corrected chi connectivity index (χ3v) is 5.77. The molecular formula is C19H22FN7OS. The maximum atomic E-state index is 12.6. The van der Waals surface area contributed by atoms with E-state index in [0.29, 0.717) is 19.6 Å². The average molecular weight is 415 g/mol. The second-order valence-corrected chi connectivity index (χ2v) is 8.11. The molecule has 1 saturated heterocycles. The highest BCUT2D eigenvalue weighted by Gasteiger charge is 2.23. The van der Waals surface area contributed by atoms with Crippen LogP contribution < -0.4 is 10.6 Å². The van der Waals surface area contributed by atoms with Gasteiger partial charge in [-0.2, -0.15) is 0 Å². The number of nitrogens with zero attached hydrogens (tertiary/aromatic N) is 5. The lowest BCUT2D eigenvalue weighted by atomic mass is 10.1. The minimum absolute atomic E-state index is 0.218. The van der Waals surface area contributed by atoms with Gasteiger partial charge >= 0.3 is 6.03 Å². The minimum Gasteiger partial charge on any atom is -0.324 e. The molecule has 4 rings (SSSR count). The minimum atomic E-state index is -0.375. The molecule has 152 valence electrons. The Morgan fingerprint density at radius 2 is 2.14 bits per heavy atom. The Labute approximate surface area is 171 Å². The van der Waals surface area contributed by atoms with Gasteiger partial charge in [-0.15, -0.1) is 10.2 Å². The summed E-state index contributed by atoms with van der Waals surface area (Å²) in [7, 11) is 0. The summed E-state index contributed by atoms with van der Waals surface area (Å²) in [6.07, 6.45) is 3.30. The molecule has 3 aromatic rings. The lowest BCUT2D eigenvalue weighted by Crippen LogP contribution is -2.46. The molecule has 2 amide bonds. The standard InChI is InChI=1S/C19H22FN7OS/c1-12-25-26-17(29-12)13-2-3-14-11-22-18(23-16(14)10-13)24-19(28)27-8-4-15(5-9-27)21-7-6-20/h2-3,10-11,15,21H,4-9H2,1H3,(H,22,23,24,28). The van der Waals surface area contributed by atoms with Crippen molar-refractivity contribution in [3.8, 4) is 10.6 Å². The first kappa shape index (κ1) is 19.6. The fraction of sp³-hybridized carbons (Fsp3) is 0.421. The number of benzene rings is 1. The van der Waals surface area contributed by atoms with Gasteiger partial charge in [-0.1, -0.05) is 23.5 Å². The van der Waals surface area contributed by atoms with E-state index in [2.05, 4.69) is 30.8 Å². The van der Waals surface area contributed by atoms with Crippen molar-refractivity contribution < 1.29 is 9.18 Å². The zero-order valence-electron chi connectivity index (χ0n) is 16.1. The van der Waals surface area contributed by atoms with E-state index in [-0.39, 0.29) is 24.7 Å². The summed E-state index contributed by atoms with van der Waals surface area (Å²) in [5.41, 5.74) is 1.66. The molecule has 2 N–H and O–H groups in total. The number of carbonyl (C=O) groups is 1. The van der Waals surface area contributed by atoms with Gasteiger partial charge in [0, 0.05) is 42.8 Å². The van der Waals surface area contributed by atoms with Crippen LogP contribution in [0.1, 0.15) is 17.8 Å². The number of hydrogen-bond acceptors (Lipinski definition) is 7. The number of aromatic nitrogens is 4. The van der Waals surface area contributed by atoms with E-state index in [4.69, 9.17) is 0 Å². The number of hydrogen-bond donors (Lipinski definition) is 2. The largest absolute Gasteiger partial charge is 0.324 e. The number of halogens is 1. The predicted molar refractivity (Wildman–Crippen MR) is 111 cm³/mol. The number of likely N-dealkylation sites (tertiary alicyclic amines) is 1. The molecule has 0 unspecified atom stereocenters. The van der Waals surface area contributed by atoms with E-state index in [1.165, 1.54) is 11.3 Å². The Balaban J connectivity index is 1.43. The molecular weight excluding hydrogens is 393 g/mol. The number of alkyl halides is 1. The smallest absolute Gasteiger partial charge is 0.324 e. The van der Waals surface area contributed by atoms with Gasteiger partial charge in [0.2, 0.25) is 5.95 Å². The number of rotatable bonds is 5. The van der Waals surface area contributed by atoms with Crippen molar-refractivity contribution in [2.45, 2.75) is 25.8 Å². The SMILES string of the molecule is Cc1nnc(-c2ccc3cnc(NC(=O)N4CCC(NCCF)CC4)nc3c2)s1. The molecule has 8 nitrogen and oxygen atoms in total. The summed E-state index contributed by atoms with van der Waals surface area (Å²) in [6.45, 7) is 3.13. The van der Waals surface area contributed by atoms with Crippen molar-refractivity contribution in [3.63, 3.8) is 0 Å². The van der Waals surface area contributed by atoms with Crippen LogP contribution in [0, 0.1) is 6.92 Å². The zero-order chi connectivity index (χ0) is 20.2. The van der Waals surface area contributed by atoms with Crippen molar-refractivity contribution in [2.24, 2.45) is 0 Å². The van der Waals surface area contributed by atoms with Gasteiger partial charge in [-0.3, -0.25) is 5.32 Å². The normalized spacial score (nSPS) is 15.0. The molecule has 0 bridgehead atoms. The first-order valence-electron chi connectivity index (χ1n) is 9.55. The number of nitrogens with one attached hydrogen (secondary N) is 2. The molecule has 1 aliphatic rings. The zero-order valence-corrected chi connectivity index (χ0v) is 16.9. The maximum Gasteiger partial charge on any atom is 0.324 e. The molecule has 0 aliphatic carbocycles. The fourth-order valence-corrected chi connectivity index (χ4v) is 4.04. The molecule has 3 heterocycles. The lowest BCUT2D eigenvalue weighted by molar-refractivity contribution is 0.188. The summed E-state index contributed by atoms with van der Waals surface area (Å²) in [5.74, 6) is 0.269. The van der Waals surface area contributed by atoms with E-state index >= 15 is 0 Å².